The van der Waals surface area contributed by atoms with Crippen molar-refractivity contribution in [1.82, 2.24) is 20.2 Å². The molecule has 0 saturated heterocycles. The van der Waals surface area contributed by atoms with Crippen molar-refractivity contribution in [3.05, 3.63) is 94.6 Å². The molecule has 200 valence electrons. The second-order valence-electron chi connectivity index (χ2n) is 9.23. The number of benzene rings is 3. The second-order valence-corrected chi connectivity index (χ2v) is 9.67. The molecule has 10 heteroatoms. The molecule has 2 heterocycles. The molecular weight excluding hydrogens is 522 g/mol. The van der Waals surface area contributed by atoms with Crippen molar-refractivity contribution in [2.45, 2.75) is 6.42 Å². The number of fused-ring (bicyclic) bond motifs is 3. The second kappa shape index (κ2) is 11.3. The van der Waals surface area contributed by atoms with Crippen molar-refractivity contribution in [2.75, 3.05) is 43.9 Å². The molecule has 1 aliphatic rings. The molecule has 1 aromatic heterocycles. The van der Waals surface area contributed by atoms with Crippen molar-refractivity contribution in [1.29, 1.82) is 0 Å². The summed E-state index contributed by atoms with van der Waals surface area (Å²) in [4.78, 5) is 25.1. The first-order chi connectivity index (χ1) is 18.9. The average Bonchev–Trinajstić information content (AvgIpc) is 3.08. The average molecular weight is 549 g/mol. The molecule has 0 unspecified atom stereocenters. The number of aromatic nitrogens is 2. The lowest BCUT2D eigenvalue weighted by molar-refractivity contribution is 0.0797. The first kappa shape index (κ1) is 26.5. The molecule has 2 N–H and O–H groups in total. The lowest BCUT2D eigenvalue weighted by atomic mass is 10.0. The van der Waals surface area contributed by atoms with Gasteiger partial charge in [-0.05, 0) is 73.6 Å². The van der Waals surface area contributed by atoms with Crippen LogP contribution in [0.15, 0.2) is 66.9 Å². The Balaban J connectivity index is 1.45. The summed E-state index contributed by atoms with van der Waals surface area (Å²) >= 11 is 6.32. The van der Waals surface area contributed by atoms with Crippen LogP contribution < -0.4 is 15.5 Å². The zero-order chi connectivity index (χ0) is 27.5. The largest absolute Gasteiger partial charge is 0.340 e. The number of hydrogen-bond donors (Lipinski definition) is 2. The standard InChI is InChI=1S/C29H27ClF2N6O/c1-33-13-15-37(2)28(39)18-6-9-21(10-7-18)35-29-34-17-19-12-14-38(27-23(31)4-3-5-24(27)32)25-16-20(30)8-11-22(25)26(19)36-29/h3-11,16-17,33H,12-15H2,1-2H3,(H,34,35,36). The Labute approximate surface area is 230 Å². The van der Waals surface area contributed by atoms with Crippen molar-refractivity contribution < 1.29 is 13.6 Å². The van der Waals surface area contributed by atoms with Crippen LogP contribution in [0, 0.1) is 11.6 Å². The summed E-state index contributed by atoms with van der Waals surface area (Å²) in [5.41, 5.74) is 3.89. The van der Waals surface area contributed by atoms with E-state index in [0.717, 1.165) is 5.56 Å². The number of likely N-dealkylation sites (N-methyl/N-ethyl adjacent to an activating group) is 2. The molecule has 0 atom stereocenters. The number of carbonyl (C=O) groups is 1. The minimum Gasteiger partial charge on any atom is -0.340 e. The molecule has 0 bridgehead atoms. The minimum atomic E-state index is -0.657. The fourth-order valence-corrected chi connectivity index (χ4v) is 4.74. The van der Waals surface area contributed by atoms with E-state index in [1.54, 1.807) is 65.5 Å². The highest BCUT2D eigenvalue weighted by molar-refractivity contribution is 6.31. The van der Waals surface area contributed by atoms with Crippen LogP contribution in [0.1, 0.15) is 15.9 Å². The molecule has 7 nitrogen and oxygen atoms in total. The Morgan fingerprint density at radius 2 is 1.85 bits per heavy atom. The summed E-state index contributed by atoms with van der Waals surface area (Å²) in [7, 11) is 3.61. The Morgan fingerprint density at radius 3 is 2.56 bits per heavy atom. The van der Waals surface area contributed by atoms with Gasteiger partial charge in [-0.1, -0.05) is 17.7 Å². The van der Waals surface area contributed by atoms with Crippen molar-refractivity contribution in [3.8, 4) is 11.3 Å². The van der Waals surface area contributed by atoms with E-state index in [4.69, 9.17) is 16.6 Å². The third-order valence-corrected chi connectivity index (χ3v) is 6.85. The van der Waals surface area contributed by atoms with E-state index in [2.05, 4.69) is 15.6 Å². The van der Waals surface area contributed by atoms with E-state index in [9.17, 15) is 13.6 Å². The number of amides is 1. The maximum atomic E-state index is 14.8. The number of nitrogens with one attached hydrogen (secondary N) is 2. The third kappa shape index (κ3) is 5.55. The molecule has 5 rings (SSSR count). The molecule has 39 heavy (non-hydrogen) atoms. The molecule has 0 radical (unpaired) electrons. The molecule has 3 aromatic carbocycles. The van der Waals surface area contributed by atoms with Gasteiger partial charge in [0.1, 0.15) is 17.3 Å². The molecule has 0 spiro atoms. The monoisotopic (exact) mass is 548 g/mol. The predicted octanol–water partition coefficient (Wildman–Crippen LogP) is 5.80. The van der Waals surface area contributed by atoms with Gasteiger partial charge in [0.2, 0.25) is 5.95 Å². The summed E-state index contributed by atoms with van der Waals surface area (Å²) in [6.45, 7) is 1.62. The Kier molecular flexibility index (Phi) is 7.72. The van der Waals surface area contributed by atoms with E-state index in [1.165, 1.54) is 18.2 Å². The van der Waals surface area contributed by atoms with Crippen LogP contribution in [-0.4, -0.2) is 54.5 Å². The summed E-state index contributed by atoms with van der Waals surface area (Å²) in [6.07, 6.45) is 2.19. The zero-order valence-corrected chi connectivity index (χ0v) is 22.3. The molecule has 0 saturated carbocycles. The van der Waals surface area contributed by atoms with Gasteiger partial charge in [0.05, 0.1) is 11.4 Å². The van der Waals surface area contributed by atoms with Crippen LogP contribution in [0.2, 0.25) is 5.02 Å². The van der Waals surface area contributed by atoms with Gasteiger partial charge in [-0.3, -0.25) is 4.79 Å². The first-order valence-corrected chi connectivity index (χ1v) is 12.9. The lowest BCUT2D eigenvalue weighted by Crippen LogP contribution is -2.32. The molecule has 1 aliphatic heterocycles. The number of halogens is 3. The van der Waals surface area contributed by atoms with E-state index < -0.39 is 11.6 Å². The van der Waals surface area contributed by atoms with Gasteiger partial charge < -0.3 is 20.4 Å². The van der Waals surface area contributed by atoms with E-state index in [1.807, 2.05) is 7.05 Å². The Bertz CT molecular complexity index is 1490. The topological polar surface area (TPSA) is 73.4 Å². The van der Waals surface area contributed by atoms with Gasteiger partial charge in [0, 0.05) is 54.7 Å². The van der Waals surface area contributed by atoms with Gasteiger partial charge in [-0.25, -0.2) is 18.7 Å². The maximum absolute atomic E-state index is 14.8. The molecule has 1 amide bonds. The number of hydrogen-bond acceptors (Lipinski definition) is 6. The Hall–Kier alpha value is -4.08. The fraction of sp³-hybridized carbons (Fsp3) is 0.207. The lowest BCUT2D eigenvalue weighted by Gasteiger charge is -2.26. The van der Waals surface area contributed by atoms with Gasteiger partial charge in [0.25, 0.3) is 5.91 Å². The highest BCUT2D eigenvalue weighted by Crippen LogP contribution is 2.42. The van der Waals surface area contributed by atoms with Gasteiger partial charge in [-0.15, -0.1) is 0 Å². The number of para-hydroxylation sites is 1. The van der Waals surface area contributed by atoms with Crippen LogP contribution in [0.3, 0.4) is 0 Å². The van der Waals surface area contributed by atoms with Gasteiger partial charge in [-0.2, -0.15) is 0 Å². The summed E-state index contributed by atoms with van der Waals surface area (Å²) in [6, 6.07) is 16.1. The smallest absolute Gasteiger partial charge is 0.253 e. The third-order valence-electron chi connectivity index (χ3n) is 6.61. The normalized spacial score (nSPS) is 12.4. The fourth-order valence-electron chi connectivity index (χ4n) is 4.57. The van der Waals surface area contributed by atoms with Crippen molar-refractivity contribution >= 4 is 40.5 Å². The van der Waals surface area contributed by atoms with Crippen LogP contribution in [0.5, 0.6) is 0 Å². The van der Waals surface area contributed by atoms with Crippen LogP contribution in [0.25, 0.3) is 11.3 Å². The van der Waals surface area contributed by atoms with E-state index in [-0.39, 0.29) is 11.6 Å². The number of nitrogens with zero attached hydrogens (tertiary/aromatic N) is 4. The highest BCUT2D eigenvalue weighted by atomic mass is 35.5. The van der Waals surface area contributed by atoms with Crippen LogP contribution in [-0.2, 0) is 6.42 Å². The highest BCUT2D eigenvalue weighted by Gasteiger charge is 2.27. The summed E-state index contributed by atoms with van der Waals surface area (Å²) in [5.74, 6) is -1.03. The SMILES string of the molecule is CNCCN(C)C(=O)c1ccc(Nc2ncc3c(n2)-c2ccc(Cl)cc2N(c2c(F)cccc2F)CC3)cc1. The molecular formula is C29H27ClF2N6O. The molecule has 4 aromatic rings. The first-order valence-electron chi connectivity index (χ1n) is 12.5. The summed E-state index contributed by atoms with van der Waals surface area (Å²) < 4.78 is 29.6. The molecule has 0 aliphatic carbocycles. The van der Waals surface area contributed by atoms with Crippen LogP contribution in [0.4, 0.5) is 31.8 Å². The number of carbonyl (C=O) groups excluding carboxylic acids is 1. The van der Waals surface area contributed by atoms with Crippen LogP contribution >= 0.6 is 11.6 Å². The zero-order valence-electron chi connectivity index (χ0n) is 21.5. The molecule has 0 fully saturated rings. The van der Waals surface area contributed by atoms with Crippen molar-refractivity contribution in [2.24, 2.45) is 0 Å². The number of rotatable bonds is 7. The minimum absolute atomic E-state index is 0.0656. The van der Waals surface area contributed by atoms with Crippen molar-refractivity contribution in [3.63, 3.8) is 0 Å². The predicted molar refractivity (Wildman–Crippen MR) is 150 cm³/mol. The van der Waals surface area contributed by atoms with E-state index in [0.29, 0.717) is 65.2 Å². The quantitative estimate of drug-likeness (QED) is 0.304. The Morgan fingerprint density at radius 1 is 1.10 bits per heavy atom. The number of anilines is 4. The van der Waals surface area contributed by atoms with Gasteiger partial charge in [0.15, 0.2) is 0 Å². The van der Waals surface area contributed by atoms with E-state index >= 15 is 0 Å². The van der Waals surface area contributed by atoms with Gasteiger partial charge >= 0.3 is 0 Å². The maximum Gasteiger partial charge on any atom is 0.253 e. The summed E-state index contributed by atoms with van der Waals surface area (Å²) in [5, 5.41) is 6.66.